The SMILES string of the molecule is OBc1ccn(C2COC2)n1. The fourth-order valence-electron chi connectivity index (χ4n) is 1.04. The van der Waals surface area contributed by atoms with Crippen LogP contribution in [-0.2, 0) is 4.74 Å². The van der Waals surface area contributed by atoms with Crippen LogP contribution in [0.2, 0.25) is 0 Å². The van der Waals surface area contributed by atoms with Crippen molar-refractivity contribution in [3.05, 3.63) is 12.3 Å². The summed E-state index contributed by atoms with van der Waals surface area (Å²) >= 11 is 0. The maximum absolute atomic E-state index is 8.72. The van der Waals surface area contributed by atoms with E-state index in [2.05, 4.69) is 5.10 Å². The van der Waals surface area contributed by atoms with Crippen LogP contribution in [0, 0.1) is 0 Å². The van der Waals surface area contributed by atoms with Crippen molar-refractivity contribution in [2.24, 2.45) is 0 Å². The molecule has 0 spiro atoms. The van der Waals surface area contributed by atoms with Gasteiger partial charge in [0.05, 0.1) is 24.8 Å². The second kappa shape index (κ2) is 2.67. The van der Waals surface area contributed by atoms with Crippen molar-refractivity contribution in [3.63, 3.8) is 0 Å². The lowest BCUT2D eigenvalue weighted by Gasteiger charge is -2.25. The lowest BCUT2D eigenvalue weighted by Crippen LogP contribution is -2.32. The zero-order chi connectivity index (χ0) is 7.68. The number of rotatable bonds is 2. The normalized spacial score (nSPS) is 17.9. The molecule has 5 heteroatoms. The van der Waals surface area contributed by atoms with E-state index in [1.807, 2.05) is 16.9 Å². The highest BCUT2D eigenvalue weighted by atomic mass is 16.5. The molecule has 1 aliphatic heterocycles. The summed E-state index contributed by atoms with van der Waals surface area (Å²) in [5, 5.41) is 12.9. The third-order valence-corrected chi connectivity index (χ3v) is 1.82. The second-order valence-corrected chi connectivity index (χ2v) is 2.64. The molecule has 0 amide bonds. The number of hydrogen-bond donors (Lipinski definition) is 1. The van der Waals surface area contributed by atoms with Gasteiger partial charge in [-0.3, -0.25) is 4.68 Å². The van der Waals surface area contributed by atoms with Crippen LogP contribution >= 0.6 is 0 Å². The molecule has 1 aromatic heterocycles. The van der Waals surface area contributed by atoms with Gasteiger partial charge in [0.2, 0.25) is 0 Å². The minimum absolute atomic E-state index is 0.0145. The summed E-state index contributed by atoms with van der Waals surface area (Å²) in [7, 11) is 0.0145. The van der Waals surface area contributed by atoms with Gasteiger partial charge in [0.25, 0.3) is 0 Å². The van der Waals surface area contributed by atoms with Crippen molar-refractivity contribution in [1.82, 2.24) is 9.78 Å². The van der Waals surface area contributed by atoms with Crippen molar-refractivity contribution in [3.8, 4) is 0 Å². The van der Waals surface area contributed by atoms with E-state index in [0.717, 1.165) is 18.8 Å². The van der Waals surface area contributed by atoms with E-state index in [1.54, 1.807) is 0 Å². The quantitative estimate of drug-likeness (QED) is 0.520. The topological polar surface area (TPSA) is 47.3 Å². The van der Waals surface area contributed by atoms with E-state index in [9.17, 15) is 0 Å². The minimum Gasteiger partial charge on any atom is -0.448 e. The molecule has 11 heavy (non-hydrogen) atoms. The van der Waals surface area contributed by atoms with E-state index in [4.69, 9.17) is 9.76 Å². The fourth-order valence-corrected chi connectivity index (χ4v) is 1.04. The van der Waals surface area contributed by atoms with Crippen LogP contribution in [0.25, 0.3) is 0 Å². The number of ether oxygens (including phenoxy) is 1. The molecule has 1 saturated heterocycles. The Hall–Kier alpha value is -0.805. The third kappa shape index (κ3) is 1.17. The Bertz CT molecular complexity index is 246. The lowest BCUT2D eigenvalue weighted by atomic mass is 9.97. The Balaban J connectivity index is 2.11. The maximum atomic E-state index is 8.72. The van der Waals surface area contributed by atoms with E-state index < -0.39 is 0 Å². The van der Waals surface area contributed by atoms with Crippen LogP contribution in [0.5, 0.6) is 0 Å². The van der Waals surface area contributed by atoms with Gasteiger partial charge in [-0.05, 0) is 6.07 Å². The average Bonchev–Trinajstić information content (AvgIpc) is 2.32. The first-order valence-corrected chi connectivity index (χ1v) is 3.63. The van der Waals surface area contributed by atoms with Gasteiger partial charge in [-0.25, -0.2) is 0 Å². The summed E-state index contributed by atoms with van der Waals surface area (Å²) in [5.41, 5.74) is 0.719. The first kappa shape index (κ1) is 6.88. The molecule has 58 valence electrons. The molecule has 2 rings (SSSR count). The van der Waals surface area contributed by atoms with E-state index in [-0.39, 0.29) is 7.48 Å². The first-order valence-electron chi connectivity index (χ1n) is 3.63. The number of nitrogens with zero attached hydrogens (tertiary/aromatic N) is 2. The summed E-state index contributed by atoms with van der Waals surface area (Å²) < 4.78 is 6.85. The maximum Gasteiger partial charge on any atom is 0.327 e. The standard InChI is InChI=1S/C6H9BN2O2/c10-7-6-1-2-9(8-6)5-3-11-4-5/h1-2,5,7,10H,3-4H2. The molecule has 0 unspecified atom stereocenters. The first-order chi connectivity index (χ1) is 5.40. The molecule has 1 aromatic rings. The Morgan fingerprint density at radius 1 is 1.73 bits per heavy atom. The summed E-state index contributed by atoms with van der Waals surface area (Å²) in [6.45, 7) is 1.49. The highest BCUT2D eigenvalue weighted by Gasteiger charge is 2.20. The van der Waals surface area contributed by atoms with Crippen molar-refractivity contribution in [2.45, 2.75) is 6.04 Å². The fraction of sp³-hybridized carbons (Fsp3) is 0.500. The molecular weight excluding hydrogens is 143 g/mol. The van der Waals surface area contributed by atoms with Crippen LogP contribution in [-0.4, -0.2) is 35.5 Å². The van der Waals surface area contributed by atoms with Crippen LogP contribution in [0.3, 0.4) is 0 Å². The van der Waals surface area contributed by atoms with Crippen molar-refractivity contribution in [1.29, 1.82) is 0 Å². The Morgan fingerprint density at radius 3 is 3.00 bits per heavy atom. The van der Waals surface area contributed by atoms with E-state index in [1.165, 1.54) is 0 Å². The van der Waals surface area contributed by atoms with Gasteiger partial charge in [-0.2, -0.15) is 5.10 Å². The predicted octanol–water partition coefficient (Wildman–Crippen LogP) is -1.58. The molecule has 0 saturated carbocycles. The Kier molecular flexibility index (Phi) is 1.67. The summed E-state index contributed by atoms with van der Waals surface area (Å²) in [5.74, 6) is 0. The van der Waals surface area contributed by atoms with Crippen LogP contribution in [0.4, 0.5) is 0 Å². The molecule has 0 atom stereocenters. The van der Waals surface area contributed by atoms with Gasteiger partial charge in [0.15, 0.2) is 0 Å². The molecule has 1 aliphatic rings. The molecule has 0 aliphatic carbocycles. The van der Waals surface area contributed by atoms with Crippen LogP contribution < -0.4 is 5.59 Å². The zero-order valence-electron chi connectivity index (χ0n) is 6.10. The Morgan fingerprint density at radius 2 is 2.55 bits per heavy atom. The largest absolute Gasteiger partial charge is 0.448 e. The number of aromatic nitrogens is 2. The molecule has 0 bridgehead atoms. The third-order valence-electron chi connectivity index (χ3n) is 1.82. The summed E-state index contributed by atoms with van der Waals surface area (Å²) in [6, 6.07) is 2.20. The van der Waals surface area contributed by atoms with Crippen LogP contribution in [0.1, 0.15) is 6.04 Å². The van der Waals surface area contributed by atoms with Gasteiger partial charge in [0.1, 0.15) is 0 Å². The monoisotopic (exact) mass is 152 g/mol. The molecule has 4 nitrogen and oxygen atoms in total. The highest BCUT2D eigenvalue weighted by molar-refractivity contribution is 6.44. The van der Waals surface area contributed by atoms with Gasteiger partial charge in [0, 0.05) is 6.20 Å². The van der Waals surface area contributed by atoms with Gasteiger partial charge < -0.3 is 9.76 Å². The average molecular weight is 152 g/mol. The lowest BCUT2D eigenvalue weighted by molar-refractivity contribution is -0.0284. The molecule has 0 radical (unpaired) electrons. The van der Waals surface area contributed by atoms with Crippen molar-refractivity contribution in [2.75, 3.05) is 13.2 Å². The molecule has 0 aromatic carbocycles. The predicted molar refractivity (Wildman–Crippen MR) is 41.1 cm³/mol. The van der Waals surface area contributed by atoms with Crippen molar-refractivity contribution >= 4 is 13.1 Å². The van der Waals surface area contributed by atoms with Gasteiger partial charge in [-0.1, -0.05) is 0 Å². The van der Waals surface area contributed by atoms with Crippen LogP contribution in [0.15, 0.2) is 12.3 Å². The molecule has 1 N–H and O–H groups in total. The smallest absolute Gasteiger partial charge is 0.327 e. The second-order valence-electron chi connectivity index (χ2n) is 2.64. The summed E-state index contributed by atoms with van der Waals surface area (Å²) in [6.07, 6.45) is 1.87. The molecule has 2 heterocycles. The highest BCUT2D eigenvalue weighted by Crippen LogP contribution is 2.13. The number of hydrogen-bond acceptors (Lipinski definition) is 3. The van der Waals surface area contributed by atoms with E-state index >= 15 is 0 Å². The minimum atomic E-state index is 0.0145. The zero-order valence-corrected chi connectivity index (χ0v) is 6.10. The Labute approximate surface area is 65.1 Å². The van der Waals surface area contributed by atoms with Gasteiger partial charge in [-0.15, -0.1) is 0 Å². The van der Waals surface area contributed by atoms with Gasteiger partial charge >= 0.3 is 7.48 Å². The van der Waals surface area contributed by atoms with Crippen molar-refractivity contribution < 1.29 is 9.76 Å². The molecule has 1 fully saturated rings. The summed E-state index contributed by atoms with van der Waals surface area (Å²) in [4.78, 5) is 0. The molecular formula is C6H9BN2O2. The van der Waals surface area contributed by atoms with E-state index in [0.29, 0.717) is 6.04 Å².